The molecule has 35 heavy (non-hydrogen) atoms. The summed E-state index contributed by atoms with van der Waals surface area (Å²) < 4.78 is 5.80. The molecular weight excluding hydrogens is 436 g/mol. The van der Waals surface area contributed by atoms with Crippen LogP contribution in [0.5, 0.6) is 0 Å². The zero-order valence-electron chi connectivity index (χ0n) is 21.7. The van der Waals surface area contributed by atoms with E-state index in [2.05, 4.69) is 59.9 Å². The molecule has 0 spiro atoms. The maximum Gasteiger partial charge on any atom is 0.410 e. The highest BCUT2D eigenvalue weighted by atomic mass is 16.6. The van der Waals surface area contributed by atoms with Gasteiger partial charge >= 0.3 is 6.09 Å². The normalized spacial score (nSPS) is 11.8. The van der Waals surface area contributed by atoms with E-state index in [1.54, 1.807) is 0 Å². The highest BCUT2D eigenvalue weighted by molar-refractivity contribution is 6.02. The first kappa shape index (κ1) is 27.0. The summed E-state index contributed by atoms with van der Waals surface area (Å²) in [7, 11) is 0. The Labute approximate surface area is 210 Å². The van der Waals surface area contributed by atoms with E-state index in [-0.39, 0.29) is 12.7 Å². The van der Waals surface area contributed by atoms with E-state index < -0.39 is 5.60 Å². The predicted octanol–water partition coefficient (Wildman–Crippen LogP) is 6.65. The second-order valence-electron chi connectivity index (χ2n) is 10.3. The van der Waals surface area contributed by atoms with Gasteiger partial charge in [-0.25, -0.2) is 4.79 Å². The Bertz CT molecular complexity index is 1020. The van der Waals surface area contributed by atoms with Crippen LogP contribution in [0.15, 0.2) is 54.6 Å². The van der Waals surface area contributed by atoms with Crippen molar-refractivity contribution in [3.63, 3.8) is 0 Å². The van der Waals surface area contributed by atoms with Crippen molar-refractivity contribution in [3.8, 4) is 0 Å². The summed E-state index contributed by atoms with van der Waals surface area (Å²) in [4.78, 5) is 15.1. The Morgan fingerprint density at radius 1 is 0.857 bits per heavy atom. The maximum absolute atomic E-state index is 13.2. The average Bonchev–Trinajstić information content (AvgIpc) is 2.82. The van der Waals surface area contributed by atoms with Crippen molar-refractivity contribution in [3.05, 3.63) is 60.2 Å². The number of benzene rings is 3. The fourth-order valence-corrected chi connectivity index (χ4v) is 4.42. The molecule has 5 nitrogen and oxygen atoms in total. The molecule has 190 valence electrons. The van der Waals surface area contributed by atoms with Gasteiger partial charge in [-0.1, -0.05) is 55.0 Å². The zero-order chi connectivity index (χ0) is 25.1. The molecular formula is C30H42N2O3. The lowest BCUT2D eigenvalue weighted by molar-refractivity contribution is 0.0232. The van der Waals surface area contributed by atoms with Crippen molar-refractivity contribution in [2.45, 2.75) is 71.4 Å². The van der Waals surface area contributed by atoms with E-state index in [1.165, 1.54) is 27.1 Å². The summed E-state index contributed by atoms with van der Waals surface area (Å²) in [5.41, 5.74) is 0.643. The molecule has 3 aromatic carbocycles. The molecule has 0 aliphatic rings. The van der Waals surface area contributed by atoms with Crippen LogP contribution in [0, 0.1) is 0 Å². The van der Waals surface area contributed by atoms with Crippen molar-refractivity contribution in [2.75, 3.05) is 26.2 Å². The molecule has 2 N–H and O–H groups in total. The smallest absolute Gasteiger partial charge is 0.410 e. The van der Waals surface area contributed by atoms with Crippen LogP contribution in [-0.4, -0.2) is 47.9 Å². The summed E-state index contributed by atoms with van der Waals surface area (Å²) >= 11 is 0. The Balaban J connectivity index is 1.68. The summed E-state index contributed by atoms with van der Waals surface area (Å²) in [5, 5.41) is 17.1. The minimum absolute atomic E-state index is 0.253. The Morgan fingerprint density at radius 2 is 1.43 bits per heavy atom. The second-order valence-corrected chi connectivity index (χ2v) is 10.3. The number of rotatable bonds is 13. The quantitative estimate of drug-likeness (QED) is 0.213. The molecule has 1 amide bonds. The number of nitrogens with zero attached hydrogens (tertiary/aromatic N) is 1. The highest BCUT2D eigenvalue weighted by Crippen LogP contribution is 2.30. The number of carbonyl (C=O) groups excluding carboxylic acids is 1. The Kier molecular flexibility index (Phi) is 10.4. The number of aliphatic hydroxyl groups is 1. The van der Waals surface area contributed by atoms with Crippen LogP contribution >= 0.6 is 0 Å². The number of hydrogen-bond acceptors (Lipinski definition) is 4. The van der Waals surface area contributed by atoms with E-state index in [4.69, 9.17) is 9.84 Å². The molecule has 0 aliphatic heterocycles. The average molecular weight is 479 g/mol. The number of amides is 1. The largest absolute Gasteiger partial charge is 0.444 e. The summed E-state index contributed by atoms with van der Waals surface area (Å²) in [5.74, 6) is 0. The van der Waals surface area contributed by atoms with Crippen molar-refractivity contribution >= 4 is 27.6 Å². The SMILES string of the molecule is CC(C)(C)OC(=O)N(CCCCCNCCCCCO)Cc1c2ccccc2cc2ccccc12. The first-order valence-corrected chi connectivity index (χ1v) is 13.1. The van der Waals surface area contributed by atoms with Crippen LogP contribution in [0.2, 0.25) is 0 Å². The second kappa shape index (κ2) is 13.5. The molecule has 0 atom stereocenters. The lowest BCUT2D eigenvalue weighted by atomic mass is 9.96. The number of aliphatic hydroxyl groups excluding tert-OH is 1. The minimum Gasteiger partial charge on any atom is -0.444 e. The number of nitrogens with one attached hydrogen (secondary N) is 1. The standard InChI is InChI=1S/C30H42N2O3/c1-30(2,3)35-29(34)32(20-12-4-10-18-31-19-11-5-13-21-33)23-28-26-16-8-6-14-24(26)22-25-15-7-9-17-27(25)28/h6-9,14-17,22,31,33H,4-5,10-13,18-21,23H2,1-3H3. The van der Waals surface area contributed by atoms with Crippen LogP contribution in [0.3, 0.4) is 0 Å². The number of fused-ring (bicyclic) bond motifs is 2. The van der Waals surface area contributed by atoms with Crippen molar-refractivity contribution < 1.29 is 14.6 Å². The van der Waals surface area contributed by atoms with Gasteiger partial charge in [-0.3, -0.25) is 0 Å². The molecule has 3 rings (SSSR count). The summed E-state index contributed by atoms with van der Waals surface area (Å²) in [6.07, 6.45) is 5.88. The van der Waals surface area contributed by atoms with Gasteiger partial charge in [0, 0.05) is 13.2 Å². The molecule has 0 fully saturated rings. The van der Waals surface area contributed by atoms with Crippen molar-refractivity contribution in [1.29, 1.82) is 0 Å². The molecule has 0 bridgehead atoms. The number of hydrogen-bond donors (Lipinski definition) is 2. The molecule has 0 saturated heterocycles. The van der Waals surface area contributed by atoms with E-state index in [1.807, 2.05) is 25.7 Å². The van der Waals surface area contributed by atoms with Gasteiger partial charge in [0.25, 0.3) is 0 Å². The first-order chi connectivity index (χ1) is 16.9. The predicted molar refractivity (Wildman–Crippen MR) is 146 cm³/mol. The fourth-order valence-electron chi connectivity index (χ4n) is 4.42. The maximum atomic E-state index is 13.2. The highest BCUT2D eigenvalue weighted by Gasteiger charge is 2.23. The van der Waals surface area contributed by atoms with Crippen molar-refractivity contribution in [1.82, 2.24) is 10.2 Å². The topological polar surface area (TPSA) is 61.8 Å². The lowest BCUT2D eigenvalue weighted by Crippen LogP contribution is -2.37. The molecule has 0 aromatic heterocycles. The van der Waals surface area contributed by atoms with E-state index in [9.17, 15) is 4.79 Å². The molecule has 0 aliphatic carbocycles. The van der Waals surface area contributed by atoms with E-state index in [0.717, 1.165) is 51.6 Å². The third-order valence-electron chi connectivity index (χ3n) is 6.18. The fraction of sp³-hybridized carbons (Fsp3) is 0.500. The van der Waals surface area contributed by atoms with Gasteiger partial charge in [-0.05, 0) is 99.1 Å². The number of carbonyl (C=O) groups is 1. The van der Waals surface area contributed by atoms with Gasteiger partial charge in [-0.2, -0.15) is 0 Å². The van der Waals surface area contributed by atoms with Gasteiger partial charge in [0.05, 0.1) is 6.54 Å². The van der Waals surface area contributed by atoms with E-state index in [0.29, 0.717) is 13.1 Å². The number of unbranched alkanes of at least 4 members (excludes halogenated alkanes) is 4. The van der Waals surface area contributed by atoms with E-state index >= 15 is 0 Å². The Morgan fingerprint density at radius 3 is 2.00 bits per heavy atom. The first-order valence-electron chi connectivity index (χ1n) is 13.1. The van der Waals surface area contributed by atoms with Gasteiger partial charge in [0.15, 0.2) is 0 Å². The van der Waals surface area contributed by atoms with Gasteiger partial charge in [0.2, 0.25) is 0 Å². The molecule has 0 unspecified atom stereocenters. The van der Waals surface area contributed by atoms with Gasteiger partial charge in [-0.15, -0.1) is 0 Å². The van der Waals surface area contributed by atoms with Crippen LogP contribution in [0.1, 0.15) is 64.9 Å². The van der Waals surface area contributed by atoms with Crippen molar-refractivity contribution in [2.24, 2.45) is 0 Å². The van der Waals surface area contributed by atoms with Gasteiger partial charge in [0.1, 0.15) is 5.60 Å². The van der Waals surface area contributed by atoms with Gasteiger partial charge < -0.3 is 20.1 Å². The van der Waals surface area contributed by atoms with Crippen LogP contribution < -0.4 is 5.32 Å². The third-order valence-corrected chi connectivity index (χ3v) is 6.18. The molecule has 3 aromatic rings. The third kappa shape index (κ3) is 8.52. The summed E-state index contributed by atoms with van der Waals surface area (Å²) in [6.45, 7) is 9.22. The van der Waals surface area contributed by atoms with Crippen LogP contribution in [0.25, 0.3) is 21.5 Å². The monoisotopic (exact) mass is 478 g/mol. The number of ether oxygens (including phenoxy) is 1. The Hall–Kier alpha value is -2.63. The lowest BCUT2D eigenvalue weighted by Gasteiger charge is -2.28. The molecule has 0 radical (unpaired) electrons. The van der Waals surface area contributed by atoms with Crippen LogP contribution in [0.4, 0.5) is 4.79 Å². The molecule has 0 saturated carbocycles. The minimum atomic E-state index is -0.532. The summed E-state index contributed by atoms with van der Waals surface area (Å²) in [6, 6.07) is 19.1. The zero-order valence-corrected chi connectivity index (χ0v) is 21.7. The van der Waals surface area contributed by atoms with Crippen LogP contribution in [-0.2, 0) is 11.3 Å². The molecule has 0 heterocycles. The molecule has 5 heteroatoms.